The highest BCUT2D eigenvalue weighted by molar-refractivity contribution is 7.99. The molecule has 0 aromatic carbocycles. The molecule has 5 heteroatoms. The summed E-state index contributed by atoms with van der Waals surface area (Å²) in [5.74, 6) is 2.26. The molecule has 1 aliphatic carbocycles. The third-order valence-electron chi connectivity index (χ3n) is 3.43. The van der Waals surface area contributed by atoms with Gasteiger partial charge in [-0.1, -0.05) is 0 Å². The molecular formula is C14H29N3S2. The molecule has 0 heterocycles. The molecule has 0 amide bonds. The minimum Gasteiger partial charge on any atom is -0.357 e. The van der Waals surface area contributed by atoms with Crippen LogP contribution >= 0.6 is 23.5 Å². The second-order valence-corrected chi connectivity index (χ2v) is 7.10. The third kappa shape index (κ3) is 7.35. The van der Waals surface area contributed by atoms with E-state index in [-0.39, 0.29) is 0 Å². The van der Waals surface area contributed by atoms with E-state index in [9.17, 15) is 0 Å². The largest absolute Gasteiger partial charge is 0.357 e. The molecule has 1 aliphatic rings. The van der Waals surface area contributed by atoms with Gasteiger partial charge in [-0.05, 0) is 57.3 Å². The van der Waals surface area contributed by atoms with Crippen molar-refractivity contribution in [1.29, 1.82) is 0 Å². The maximum absolute atomic E-state index is 4.68. The Bertz CT molecular complexity index is 259. The smallest absolute Gasteiger partial charge is 0.191 e. The standard InChI is InChI=1S/C14H29N3S2/c1-4-15-14(16-9-5-6-10-18-2)17-12-7-8-13(11-12)19-3/h12-13H,4-11H2,1-3H3,(H2,15,16,17). The van der Waals surface area contributed by atoms with Crippen LogP contribution < -0.4 is 10.6 Å². The zero-order valence-corrected chi connectivity index (χ0v) is 14.2. The van der Waals surface area contributed by atoms with E-state index in [0.29, 0.717) is 6.04 Å². The molecule has 0 aromatic heterocycles. The van der Waals surface area contributed by atoms with Crippen LogP contribution in [0.25, 0.3) is 0 Å². The van der Waals surface area contributed by atoms with E-state index in [1.54, 1.807) is 0 Å². The average molecular weight is 304 g/mol. The van der Waals surface area contributed by atoms with Gasteiger partial charge in [-0.25, -0.2) is 0 Å². The SMILES string of the molecule is CCNC(=NCCCCSC)NC1CCC(SC)C1. The number of unbranched alkanes of at least 4 members (excludes halogenated alkanes) is 1. The van der Waals surface area contributed by atoms with Crippen molar-refractivity contribution in [2.75, 3.05) is 31.4 Å². The van der Waals surface area contributed by atoms with E-state index in [2.05, 4.69) is 35.1 Å². The van der Waals surface area contributed by atoms with Crippen molar-refractivity contribution in [3.63, 3.8) is 0 Å². The van der Waals surface area contributed by atoms with Gasteiger partial charge in [0.05, 0.1) is 0 Å². The molecule has 1 saturated carbocycles. The first kappa shape index (κ1) is 17.0. The summed E-state index contributed by atoms with van der Waals surface area (Å²) in [6.45, 7) is 4.01. The molecule has 0 radical (unpaired) electrons. The number of hydrogen-bond acceptors (Lipinski definition) is 3. The maximum atomic E-state index is 4.68. The van der Waals surface area contributed by atoms with E-state index in [1.807, 2.05) is 23.5 Å². The first-order chi connectivity index (χ1) is 9.30. The summed E-state index contributed by atoms with van der Waals surface area (Å²) in [5, 5.41) is 7.79. The minimum atomic E-state index is 0.612. The van der Waals surface area contributed by atoms with Gasteiger partial charge in [0.25, 0.3) is 0 Å². The fourth-order valence-electron chi connectivity index (χ4n) is 2.35. The Labute approximate surface area is 127 Å². The highest BCUT2D eigenvalue weighted by atomic mass is 32.2. The highest BCUT2D eigenvalue weighted by Crippen LogP contribution is 2.27. The molecule has 1 rings (SSSR count). The summed E-state index contributed by atoms with van der Waals surface area (Å²) in [7, 11) is 0. The van der Waals surface area contributed by atoms with Gasteiger partial charge >= 0.3 is 0 Å². The number of nitrogens with one attached hydrogen (secondary N) is 2. The molecule has 0 aromatic rings. The van der Waals surface area contributed by atoms with Crippen molar-refractivity contribution in [2.24, 2.45) is 4.99 Å². The summed E-state index contributed by atoms with van der Waals surface area (Å²) in [4.78, 5) is 4.68. The lowest BCUT2D eigenvalue weighted by atomic mass is 10.2. The molecule has 2 atom stereocenters. The molecular weight excluding hydrogens is 274 g/mol. The van der Waals surface area contributed by atoms with Crippen LogP contribution in [-0.4, -0.2) is 48.6 Å². The monoisotopic (exact) mass is 303 g/mol. The highest BCUT2D eigenvalue weighted by Gasteiger charge is 2.24. The summed E-state index contributed by atoms with van der Waals surface area (Å²) >= 11 is 3.92. The summed E-state index contributed by atoms with van der Waals surface area (Å²) < 4.78 is 0. The lowest BCUT2D eigenvalue weighted by Crippen LogP contribution is -2.42. The van der Waals surface area contributed by atoms with E-state index in [0.717, 1.165) is 24.3 Å². The van der Waals surface area contributed by atoms with Gasteiger partial charge in [-0.15, -0.1) is 0 Å². The van der Waals surface area contributed by atoms with Gasteiger partial charge in [0.15, 0.2) is 5.96 Å². The first-order valence-electron chi connectivity index (χ1n) is 7.36. The van der Waals surface area contributed by atoms with E-state index in [4.69, 9.17) is 0 Å². The Morgan fingerprint density at radius 1 is 1.26 bits per heavy atom. The second kappa shape index (κ2) is 10.7. The van der Waals surface area contributed by atoms with E-state index < -0.39 is 0 Å². The summed E-state index contributed by atoms with van der Waals surface area (Å²) in [5.41, 5.74) is 0. The van der Waals surface area contributed by atoms with E-state index in [1.165, 1.54) is 37.9 Å². The average Bonchev–Trinajstić information content (AvgIpc) is 2.86. The van der Waals surface area contributed by atoms with Gasteiger partial charge in [0, 0.05) is 24.4 Å². The van der Waals surface area contributed by atoms with Crippen LogP contribution in [0, 0.1) is 0 Å². The number of nitrogens with zero attached hydrogens (tertiary/aromatic N) is 1. The zero-order valence-electron chi connectivity index (χ0n) is 12.6. The van der Waals surface area contributed by atoms with Gasteiger partial charge in [0.1, 0.15) is 0 Å². The predicted octanol–water partition coefficient (Wildman–Crippen LogP) is 2.97. The molecule has 0 saturated heterocycles. The van der Waals surface area contributed by atoms with Crippen LogP contribution in [0.5, 0.6) is 0 Å². The minimum absolute atomic E-state index is 0.612. The number of thioether (sulfide) groups is 2. The number of rotatable bonds is 8. The number of hydrogen-bond donors (Lipinski definition) is 2. The Morgan fingerprint density at radius 2 is 2.11 bits per heavy atom. The normalized spacial score (nSPS) is 23.6. The Kier molecular flexibility index (Phi) is 9.61. The van der Waals surface area contributed by atoms with Crippen molar-refractivity contribution in [3.05, 3.63) is 0 Å². The van der Waals surface area contributed by atoms with Gasteiger partial charge in [-0.3, -0.25) is 4.99 Å². The lowest BCUT2D eigenvalue weighted by molar-refractivity contribution is 0.614. The Morgan fingerprint density at radius 3 is 2.74 bits per heavy atom. The Balaban J connectivity index is 2.29. The number of guanidine groups is 1. The van der Waals surface area contributed by atoms with Crippen molar-refractivity contribution in [1.82, 2.24) is 10.6 Å². The van der Waals surface area contributed by atoms with Gasteiger partial charge < -0.3 is 10.6 Å². The van der Waals surface area contributed by atoms with Crippen molar-refractivity contribution >= 4 is 29.5 Å². The zero-order chi connectivity index (χ0) is 13.9. The number of aliphatic imine (C=N–C) groups is 1. The van der Waals surface area contributed by atoms with Crippen LogP contribution in [0.4, 0.5) is 0 Å². The molecule has 0 spiro atoms. The van der Waals surface area contributed by atoms with Crippen molar-refractivity contribution < 1.29 is 0 Å². The fourth-order valence-corrected chi connectivity index (χ4v) is 3.64. The summed E-state index contributed by atoms with van der Waals surface area (Å²) in [6, 6.07) is 0.612. The molecule has 2 N–H and O–H groups in total. The molecule has 1 fully saturated rings. The lowest BCUT2D eigenvalue weighted by Gasteiger charge is -2.17. The topological polar surface area (TPSA) is 36.4 Å². The summed E-state index contributed by atoms with van der Waals surface area (Å²) in [6.07, 6.45) is 10.7. The van der Waals surface area contributed by atoms with Crippen LogP contribution in [-0.2, 0) is 0 Å². The first-order valence-corrected chi connectivity index (χ1v) is 10.0. The molecule has 0 bridgehead atoms. The molecule has 3 nitrogen and oxygen atoms in total. The van der Waals surface area contributed by atoms with E-state index >= 15 is 0 Å². The van der Waals surface area contributed by atoms with Crippen molar-refractivity contribution in [3.8, 4) is 0 Å². The molecule has 19 heavy (non-hydrogen) atoms. The quantitative estimate of drug-likeness (QED) is 0.411. The Hall–Kier alpha value is -0.0300. The maximum Gasteiger partial charge on any atom is 0.191 e. The van der Waals surface area contributed by atoms with Gasteiger partial charge in [0.2, 0.25) is 0 Å². The predicted molar refractivity (Wildman–Crippen MR) is 91.7 cm³/mol. The fraction of sp³-hybridized carbons (Fsp3) is 0.929. The molecule has 112 valence electrons. The van der Waals surface area contributed by atoms with Crippen LogP contribution in [0.2, 0.25) is 0 Å². The van der Waals surface area contributed by atoms with Crippen molar-refractivity contribution in [2.45, 2.75) is 50.3 Å². The van der Waals surface area contributed by atoms with Crippen LogP contribution in [0.1, 0.15) is 39.0 Å². The molecule has 0 aliphatic heterocycles. The van der Waals surface area contributed by atoms with Gasteiger partial charge in [-0.2, -0.15) is 23.5 Å². The van der Waals surface area contributed by atoms with Crippen LogP contribution in [0.3, 0.4) is 0 Å². The second-order valence-electron chi connectivity index (χ2n) is 4.97. The third-order valence-corrected chi connectivity index (χ3v) is 5.22. The van der Waals surface area contributed by atoms with Crippen LogP contribution in [0.15, 0.2) is 4.99 Å². The molecule has 2 unspecified atom stereocenters.